The van der Waals surface area contributed by atoms with Crippen LogP contribution in [0.1, 0.15) is 6.92 Å². The molecule has 1 heterocycles. The predicted octanol–water partition coefficient (Wildman–Crippen LogP) is -0.975. The lowest BCUT2D eigenvalue weighted by atomic mass is 10.1. The molecule has 0 aromatic carbocycles. The van der Waals surface area contributed by atoms with Crippen LogP contribution in [0.15, 0.2) is 0 Å². The number of nitrogens with zero attached hydrogens (tertiary/aromatic N) is 1. The predicted molar refractivity (Wildman–Crippen MR) is 47.9 cm³/mol. The van der Waals surface area contributed by atoms with Gasteiger partial charge in [0.25, 0.3) is 0 Å². The van der Waals surface area contributed by atoms with E-state index in [1.165, 1.54) is 0 Å². The van der Waals surface area contributed by atoms with Gasteiger partial charge in [0.2, 0.25) is 5.91 Å². The molecule has 2 atom stereocenters. The minimum atomic E-state index is -0.0243. The molecule has 0 aliphatic carbocycles. The zero-order valence-corrected chi connectivity index (χ0v) is 7.92. The second-order valence-electron chi connectivity index (χ2n) is 3.28. The summed E-state index contributed by atoms with van der Waals surface area (Å²) in [5, 5.41) is 5.95. The minimum Gasteiger partial charge on any atom is -0.358 e. The molecule has 0 aromatic rings. The third kappa shape index (κ3) is 1.76. The molecule has 0 spiro atoms. The Morgan fingerprint density at radius 2 is 2.33 bits per heavy atom. The van der Waals surface area contributed by atoms with Crippen LogP contribution in [-0.4, -0.2) is 50.1 Å². The molecule has 1 rings (SSSR count). The number of hydrogen-bond acceptors (Lipinski definition) is 3. The van der Waals surface area contributed by atoms with Crippen molar-refractivity contribution in [2.45, 2.75) is 19.0 Å². The van der Waals surface area contributed by atoms with Gasteiger partial charge in [-0.3, -0.25) is 9.69 Å². The monoisotopic (exact) mass is 171 g/mol. The molecule has 0 aromatic heterocycles. The zero-order valence-electron chi connectivity index (χ0n) is 7.92. The minimum absolute atomic E-state index is 0.0243. The summed E-state index contributed by atoms with van der Waals surface area (Å²) in [6, 6.07) is 0.215. The summed E-state index contributed by atoms with van der Waals surface area (Å²) in [5.41, 5.74) is 0. The van der Waals surface area contributed by atoms with Crippen LogP contribution in [0.5, 0.6) is 0 Å². The average molecular weight is 171 g/mol. The molecule has 2 unspecified atom stereocenters. The lowest BCUT2D eigenvalue weighted by Gasteiger charge is -2.36. The highest BCUT2D eigenvalue weighted by atomic mass is 16.2. The fourth-order valence-electron chi connectivity index (χ4n) is 1.68. The lowest BCUT2D eigenvalue weighted by Crippen LogP contribution is -2.60. The first kappa shape index (κ1) is 9.48. The Kier molecular flexibility index (Phi) is 3.05. The molecule has 12 heavy (non-hydrogen) atoms. The molecular formula is C8H17N3O. The summed E-state index contributed by atoms with van der Waals surface area (Å²) in [6.07, 6.45) is 0. The summed E-state index contributed by atoms with van der Waals surface area (Å²) in [6.45, 7) is 3.93. The van der Waals surface area contributed by atoms with Crippen molar-refractivity contribution in [3.63, 3.8) is 0 Å². The van der Waals surface area contributed by atoms with E-state index < -0.39 is 0 Å². The number of nitrogens with one attached hydrogen (secondary N) is 2. The van der Waals surface area contributed by atoms with Gasteiger partial charge in [0.1, 0.15) is 6.04 Å². The van der Waals surface area contributed by atoms with E-state index in [4.69, 9.17) is 0 Å². The van der Waals surface area contributed by atoms with E-state index in [1.807, 2.05) is 14.0 Å². The molecule has 0 bridgehead atoms. The van der Waals surface area contributed by atoms with Gasteiger partial charge in [0.05, 0.1) is 0 Å². The molecule has 1 saturated heterocycles. The fourth-order valence-corrected chi connectivity index (χ4v) is 1.68. The van der Waals surface area contributed by atoms with Gasteiger partial charge in [-0.25, -0.2) is 0 Å². The van der Waals surface area contributed by atoms with E-state index in [2.05, 4.69) is 15.5 Å². The van der Waals surface area contributed by atoms with Crippen LogP contribution >= 0.6 is 0 Å². The van der Waals surface area contributed by atoms with Gasteiger partial charge in [0, 0.05) is 26.2 Å². The van der Waals surface area contributed by atoms with Crippen LogP contribution in [0.25, 0.3) is 0 Å². The topological polar surface area (TPSA) is 44.4 Å². The van der Waals surface area contributed by atoms with Crippen LogP contribution in [0.3, 0.4) is 0 Å². The Labute approximate surface area is 73.3 Å². The summed E-state index contributed by atoms with van der Waals surface area (Å²) >= 11 is 0. The van der Waals surface area contributed by atoms with Crippen molar-refractivity contribution in [2.75, 3.05) is 27.2 Å². The van der Waals surface area contributed by atoms with Crippen molar-refractivity contribution in [3.8, 4) is 0 Å². The first-order valence-electron chi connectivity index (χ1n) is 4.32. The number of amides is 1. The van der Waals surface area contributed by atoms with Crippen molar-refractivity contribution in [1.82, 2.24) is 15.5 Å². The molecule has 4 heteroatoms. The summed E-state index contributed by atoms with van der Waals surface area (Å²) < 4.78 is 0. The van der Waals surface area contributed by atoms with Gasteiger partial charge < -0.3 is 10.6 Å². The van der Waals surface area contributed by atoms with E-state index in [0.717, 1.165) is 13.1 Å². The van der Waals surface area contributed by atoms with Gasteiger partial charge in [-0.15, -0.1) is 0 Å². The lowest BCUT2D eigenvalue weighted by molar-refractivity contribution is -0.127. The van der Waals surface area contributed by atoms with Crippen LogP contribution < -0.4 is 10.6 Å². The maximum atomic E-state index is 11.4. The smallest absolute Gasteiger partial charge is 0.238 e. The highest BCUT2D eigenvalue weighted by molar-refractivity contribution is 5.82. The third-order valence-electron chi connectivity index (χ3n) is 2.39. The Balaban J connectivity index is 2.62. The third-order valence-corrected chi connectivity index (χ3v) is 2.39. The van der Waals surface area contributed by atoms with E-state index in [1.54, 1.807) is 7.05 Å². The number of rotatable bonds is 1. The van der Waals surface area contributed by atoms with Crippen LogP contribution in [0.2, 0.25) is 0 Å². The molecule has 1 fully saturated rings. The van der Waals surface area contributed by atoms with Gasteiger partial charge in [-0.2, -0.15) is 0 Å². The number of piperazine rings is 1. The molecule has 1 aliphatic rings. The highest BCUT2D eigenvalue weighted by Gasteiger charge is 2.30. The Bertz CT molecular complexity index is 162. The Morgan fingerprint density at radius 3 is 2.83 bits per heavy atom. The molecule has 1 amide bonds. The van der Waals surface area contributed by atoms with Crippen molar-refractivity contribution in [3.05, 3.63) is 0 Å². The van der Waals surface area contributed by atoms with Gasteiger partial charge in [0.15, 0.2) is 0 Å². The second kappa shape index (κ2) is 3.87. The molecule has 0 radical (unpaired) electrons. The van der Waals surface area contributed by atoms with Crippen LogP contribution in [0.4, 0.5) is 0 Å². The van der Waals surface area contributed by atoms with E-state index in [0.29, 0.717) is 0 Å². The van der Waals surface area contributed by atoms with E-state index in [9.17, 15) is 4.79 Å². The first-order chi connectivity index (χ1) is 5.66. The van der Waals surface area contributed by atoms with Crippen LogP contribution in [0, 0.1) is 0 Å². The summed E-state index contributed by atoms with van der Waals surface area (Å²) in [5.74, 6) is 0.0946. The summed E-state index contributed by atoms with van der Waals surface area (Å²) in [7, 11) is 3.66. The molecule has 2 N–H and O–H groups in total. The van der Waals surface area contributed by atoms with Crippen molar-refractivity contribution < 1.29 is 4.79 Å². The standard InChI is InChI=1S/C8H17N3O/c1-6-7(8(12)9-2)11(3)5-4-10-6/h6-7,10H,4-5H2,1-3H3,(H,9,12). The van der Waals surface area contributed by atoms with Crippen molar-refractivity contribution in [1.29, 1.82) is 0 Å². The van der Waals surface area contributed by atoms with Gasteiger partial charge in [-0.1, -0.05) is 0 Å². The SMILES string of the molecule is CNC(=O)C1C(C)NCCN1C. The molecular weight excluding hydrogens is 154 g/mol. The van der Waals surface area contributed by atoms with Crippen molar-refractivity contribution in [2.24, 2.45) is 0 Å². The maximum Gasteiger partial charge on any atom is 0.238 e. The van der Waals surface area contributed by atoms with Gasteiger partial charge >= 0.3 is 0 Å². The van der Waals surface area contributed by atoms with E-state index in [-0.39, 0.29) is 18.0 Å². The average Bonchev–Trinajstić information content (AvgIpc) is 2.03. The number of carbonyl (C=O) groups excluding carboxylic acids is 1. The first-order valence-corrected chi connectivity index (χ1v) is 4.32. The molecule has 4 nitrogen and oxygen atoms in total. The summed E-state index contributed by atoms with van der Waals surface area (Å²) in [4.78, 5) is 13.5. The molecule has 70 valence electrons. The van der Waals surface area contributed by atoms with Crippen molar-refractivity contribution >= 4 is 5.91 Å². The quantitative estimate of drug-likeness (QED) is 0.533. The normalized spacial score (nSPS) is 31.6. The highest BCUT2D eigenvalue weighted by Crippen LogP contribution is 2.06. The number of carbonyl (C=O) groups is 1. The van der Waals surface area contributed by atoms with Gasteiger partial charge in [-0.05, 0) is 14.0 Å². The maximum absolute atomic E-state index is 11.4. The van der Waals surface area contributed by atoms with Crippen LogP contribution in [-0.2, 0) is 4.79 Å². The fraction of sp³-hybridized carbons (Fsp3) is 0.875. The second-order valence-corrected chi connectivity index (χ2v) is 3.28. The number of hydrogen-bond donors (Lipinski definition) is 2. The Morgan fingerprint density at radius 1 is 1.67 bits per heavy atom. The Hall–Kier alpha value is -0.610. The molecule has 0 saturated carbocycles. The zero-order chi connectivity index (χ0) is 9.14. The number of likely N-dealkylation sites (N-methyl/N-ethyl adjacent to an activating group) is 2. The molecule has 1 aliphatic heterocycles. The largest absolute Gasteiger partial charge is 0.358 e. The van der Waals surface area contributed by atoms with E-state index >= 15 is 0 Å².